The molecule has 3 aliphatic rings. The molecule has 2 aromatic rings. The Bertz CT molecular complexity index is 693. The number of carbonyl (C=O) groups excluding carboxylic acids is 1. The number of amides is 1. The molecule has 1 atom stereocenters. The van der Waals surface area contributed by atoms with E-state index in [1.165, 1.54) is 29.7 Å². The second-order valence-corrected chi connectivity index (χ2v) is 7.84. The summed E-state index contributed by atoms with van der Waals surface area (Å²) in [6.07, 6.45) is 4.82. The Labute approximate surface area is 146 Å². The number of aromatic nitrogens is 1. The number of hydrogen-bond donors (Lipinski definition) is 1. The highest BCUT2D eigenvalue weighted by atomic mass is 32.1. The van der Waals surface area contributed by atoms with Crippen LogP contribution in [0.3, 0.4) is 0 Å². The van der Waals surface area contributed by atoms with E-state index in [2.05, 4.69) is 46.5 Å². The van der Waals surface area contributed by atoms with E-state index in [1.54, 1.807) is 5.51 Å². The molecule has 1 amide bonds. The fraction of sp³-hybridized carbons (Fsp3) is 0.474. The normalized spacial score (nSPS) is 27.8. The minimum atomic E-state index is -0.0689. The summed E-state index contributed by atoms with van der Waals surface area (Å²) in [5.74, 6) is 0.753. The van der Waals surface area contributed by atoms with Crippen LogP contribution in [0.5, 0.6) is 0 Å². The fourth-order valence-electron chi connectivity index (χ4n) is 4.52. The Morgan fingerprint density at radius 3 is 2.71 bits per heavy atom. The molecule has 5 rings (SSSR count). The summed E-state index contributed by atoms with van der Waals surface area (Å²) in [4.78, 5) is 19.4. The van der Waals surface area contributed by atoms with E-state index in [0.717, 1.165) is 25.3 Å². The third-order valence-corrected chi connectivity index (χ3v) is 6.46. The van der Waals surface area contributed by atoms with Gasteiger partial charge in [0.05, 0.1) is 11.6 Å². The van der Waals surface area contributed by atoms with Crippen molar-refractivity contribution in [1.29, 1.82) is 0 Å². The van der Waals surface area contributed by atoms with E-state index in [-0.39, 0.29) is 17.5 Å². The molecular weight excluding hydrogens is 318 g/mol. The number of piperidine rings is 2. The number of rotatable bonds is 4. The highest BCUT2D eigenvalue weighted by Crippen LogP contribution is 2.48. The molecule has 0 unspecified atom stereocenters. The third-order valence-electron chi connectivity index (χ3n) is 5.87. The Morgan fingerprint density at radius 2 is 2.08 bits per heavy atom. The summed E-state index contributed by atoms with van der Waals surface area (Å²) in [5.41, 5.74) is 3.43. The highest BCUT2D eigenvalue weighted by Gasteiger charge is 2.50. The largest absolute Gasteiger partial charge is 0.342 e. The van der Waals surface area contributed by atoms with Crippen molar-refractivity contribution in [2.75, 3.05) is 13.6 Å². The molecule has 2 aliphatic heterocycles. The van der Waals surface area contributed by atoms with Crippen molar-refractivity contribution in [3.8, 4) is 0 Å². The zero-order valence-corrected chi connectivity index (χ0v) is 14.8. The molecule has 24 heavy (non-hydrogen) atoms. The van der Waals surface area contributed by atoms with Crippen LogP contribution in [0.15, 0.2) is 41.2 Å². The van der Waals surface area contributed by atoms with Gasteiger partial charge < -0.3 is 5.32 Å². The van der Waals surface area contributed by atoms with Gasteiger partial charge in [-0.05, 0) is 44.2 Å². The molecule has 1 aliphatic carbocycles. The Kier molecular flexibility index (Phi) is 4.14. The summed E-state index contributed by atoms with van der Waals surface area (Å²) < 4.78 is 0. The Balaban J connectivity index is 1.69. The SMILES string of the molecule is CN1CC2CCC1([C@H](NC(=O)c1cscn1)c1ccccc1)CC2. The molecule has 2 bridgehead atoms. The van der Waals surface area contributed by atoms with Gasteiger partial charge in [0.25, 0.3) is 5.91 Å². The molecule has 0 radical (unpaired) electrons. The van der Waals surface area contributed by atoms with Crippen LogP contribution in [0, 0.1) is 5.92 Å². The van der Waals surface area contributed by atoms with Gasteiger partial charge in [-0.25, -0.2) is 4.98 Å². The number of nitrogens with one attached hydrogen (secondary N) is 1. The molecule has 4 nitrogen and oxygen atoms in total. The first-order valence-corrected chi connectivity index (χ1v) is 9.58. The second kappa shape index (κ2) is 6.30. The maximum absolute atomic E-state index is 12.7. The van der Waals surface area contributed by atoms with Crippen molar-refractivity contribution in [3.05, 3.63) is 52.5 Å². The van der Waals surface area contributed by atoms with Crippen molar-refractivity contribution < 1.29 is 4.79 Å². The zero-order valence-electron chi connectivity index (χ0n) is 13.9. The molecule has 3 fully saturated rings. The summed E-state index contributed by atoms with van der Waals surface area (Å²) in [6.45, 7) is 1.13. The number of thiazole rings is 1. The van der Waals surface area contributed by atoms with Crippen LogP contribution in [0.2, 0.25) is 0 Å². The van der Waals surface area contributed by atoms with Gasteiger partial charge in [0.15, 0.2) is 0 Å². The summed E-state index contributed by atoms with van der Waals surface area (Å²) in [5, 5.41) is 5.13. The number of hydrogen-bond acceptors (Lipinski definition) is 4. The van der Waals surface area contributed by atoms with Gasteiger partial charge in [-0.2, -0.15) is 0 Å². The van der Waals surface area contributed by atoms with Crippen molar-refractivity contribution in [2.24, 2.45) is 5.92 Å². The first-order chi connectivity index (χ1) is 11.7. The quantitative estimate of drug-likeness (QED) is 0.926. The number of likely N-dealkylation sites (N-methyl/N-ethyl adjacent to an activating group) is 1. The smallest absolute Gasteiger partial charge is 0.271 e. The second-order valence-electron chi connectivity index (χ2n) is 7.12. The van der Waals surface area contributed by atoms with Crippen LogP contribution < -0.4 is 5.32 Å². The molecular formula is C19H23N3OS. The zero-order chi connectivity index (χ0) is 16.6. The molecule has 1 aromatic carbocycles. The Hall–Kier alpha value is -1.72. The number of benzene rings is 1. The Morgan fingerprint density at radius 1 is 1.33 bits per heavy atom. The molecule has 126 valence electrons. The van der Waals surface area contributed by atoms with E-state index in [4.69, 9.17) is 0 Å². The van der Waals surface area contributed by atoms with Crippen LogP contribution in [0.25, 0.3) is 0 Å². The van der Waals surface area contributed by atoms with E-state index < -0.39 is 0 Å². The van der Waals surface area contributed by atoms with Crippen LogP contribution in [0.1, 0.15) is 47.8 Å². The van der Waals surface area contributed by atoms with Crippen molar-refractivity contribution in [3.63, 3.8) is 0 Å². The van der Waals surface area contributed by atoms with Gasteiger partial charge in [-0.1, -0.05) is 30.3 Å². The molecule has 1 saturated carbocycles. The summed E-state index contributed by atoms with van der Waals surface area (Å²) in [7, 11) is 2.22. The number of carbonyl (C=O) groups is 1. The van der Waals surface area contributed by atoms with Crippen LogP contribution in [-0.4, -0.2) is 34.9 Å². The fourth-order valence-corrected chi connectivity index (χ4v) is 5.06. The van der Waals surface area contributed by atoms with Gasteiger partial charge >= 0.3 is 0 Å². The molecule has 0 spiro atoms. The van der Waals surface area contributed by atoms with E-state index in [9.17, 15) is 4.79 Å². The molecule has 1 aromatic heterocycles. The standard InChI is InChI=1S/C19H23N3OS/c1-22-11-14-7-9-19(22,10-8-14)17(15-5-3-2-4-6-15)21-18(23)16-12-24-13-20-16/h2-6,12-14,17H,7-11H2,1H3,(H,21,23)/t14?,17-,19?/m1/s1. The predicted molar refractivity (Wildman–Crippen MR) is 96.1 cm³/mol. The maximum Gasteiger partial charge on any atom is 0.271 e. The van der Waals surface area contributed by atoms with Crippen molar-refractivity contribution in [1.82, 2.24) is 15.2 Å². The van der Waals surface area contributed by atoms with E-state index >= 15 is 0 Å². The lowest BCUT2D eigenvalue weighted by Crippen LogP contribution is -2.62. The van der Waals surface area contributed by atoms with Crippen molar-refractivity contribution in [2.45, 2.75) is 37.3 Å². The molecule has 3 heterocycles. The van der Waals surface area contributed by atoms with E-state index in [1.807, 2.05) is 11.4 Å². The van der Waals surface area contributed by atoms with Gasteiger partial charge in [0.1, 0.15) is 5.69 Å². The van der Waals surface area contributed by atoms with Crippen molar-refractivity contribution >= 4 is 17.2 Å². The minimum absolute atomic E-state index is 0.000787. The monoisotopic (exact) mass is 341 g/mol. The summed E-state index contributed by atoms with van der Waals surface area (Å²) >= 11 is 1.46. The highest BCUT2D eigenvalue weighted by molar-refractivity contribution is 7.07. The molecule has 5 heteroatoms. The number of nitrogens with zero attached hydrogens (tertiary/aromatic N) is 2. The van der Waals surface area contributed by atoms with Crippen LogP contribution in [0.4, 0.5) is 0 Å². The lowest BCUT2D eigenvalue weighted by atomic mass is 9.66. The average molecular weight is 341 g/mol. The summed E-state index contributed by atoms with van der Waals surface area (Å²) in [6, 6.07) is 10.4. The van der Waals surface area contributed by atoms with Gasteiger partial charge in [0.2, 0.25) is 0 Å². The molecule has 2 saturated heterocycles. The van der Waals surface area contributed by atoms with Crippen LogP contribution in [-0.2, 0) is 0 Å². The van der Waals surface area contributed by atoms with Crippen LogP contribution >= 0.6 is 11.3 Å². The minimum Gasteiger partial charge on any atom is -0.342 e. The topological polar surface area (TPSA) is 45.2 Å². The first kappa shape index (κ1) is 15.8. The van der Waals surface area contributed by atoms with Gasteiger partial charge in [-0.15, -0.1) is 11.3 Å². The predicted octanol–water partition coefficient (Wildman–Crippen LogP) is 3.49. The molecule has 1 N–H and O–H groups in total. The average Bonchev–Trinajstić information content (AvgIpc) is 3.16. The van der Waals surface area contributed by atoms with E-state index in [0.29, 0.717) is 5.69 Å². The first-order valence-electron chi connectivity index (χ1n) is 8.64. The van der Waals surface area contributed by atoms with Gasteiger partial charge in [-0.3, -0.25) is 9.69 Å². The third kappa shape index (κ3) is 2.66. The lowest BCUT2D eigenvalue weighted by Gasteiger charge is -2.57. The lowest BCUT2D eigenvalue weighted by molar-refractivity contribution is -0.0404. The van der Waals surface area contributed by atoms with Gasteiger partial charge in [0, 0.05) is 17.5 Å². The maximum atomic E-state index is 12.7. The number of fused-ring (bicyclic) bond motifs is 3.